The smallest absolute Gasteiger partial charge is 0.272 e. The zero-order valence-electron chi connectivity index (χ0n) is 15.4. The predicted molar refractivity (Wildman–Crippen MR) is 98.0 cm³/mol. The Bertz CT molecular complexity index is 628. The van der Waals surface area contributed by atoms with Crippen LogP contribution in [0.3, 0.4) is 0 Å². The molecule has 3 heteroatoms. The number of hydrogen-bond acceptors (Lipinski definition) is 1. The molecular formula is C21H28F2O. The standard InChI is InChI=1S/C21H28F2O/c1-8-21(22,23)18-10-9-11-19(17(7)12-18)20(24-15(4)5)13-16(6)14(2)3/h10-13,15H,2,6,8-9H2,1,3-5,7H3/b20-13+. The van der Waals surface area contributed by atoms with Gasteiger partial charge in [-0.2, -0.15) is 0 Å². The third-order valence-corrected chi connectivity index (χ3v) is 3.80. The quantitative estimate of drug-likeness (QED) is 0.373. The van der Waals surface area contributed by atoms with E-state index in [1.807, 2.05) is 39.8 Å². The van der Waals surface area contributed by atoms with Gasteiger partial charge in [-0.15, -0.1) is 0 Å². The summed E-state index contributed by atoms with van der Waals surface area (Å²) in [6.45, 7) is 16.9. The molecule has 0 aromatic heterocycles. The minimum atomic E-state index is -2.81. The van der Waals surface area contributed by atoms with Gasteiger partial charge in [0.25, 0.3) is 5.92 Å². The molecular weight excluding hydrogens is 306 g/mol. The molecule has 0 amide bonds. The van der Waals surface area contributed by atoms with Crippen molar-refractivity contribution in [2.75, 3.05) is 0 Å². The third-order valence-electron chi connectivity index (χ3n) is 3.80. The highest BCUT2D eigenvalue weighted by molar-refractivity contribution is 5.52. The van der Waals surface area contributed by atoms with E-state index in [0.29, 0.717) is 12.2 Å². The lowest BCUT2D eigenvalue weighted by Crippen LogP contribution is -2.16. The molecule has 1 nitrogen and oxygen atoms in total. The van der Waals surface area contributed by atoms with Gasteiger partial charge in [0, 0.05) is 17.6 Å². The summed E-state index contributed by atoms with van der Waals surface area (Å²) in [5.41, 5.74) is 3.25. The van der Waals surface area contributed by atoms with E-state index in [0.717, 1.165) is 22.3 Å². The van der Waals surface area contributed by atoms with Gasteiger partial charge >= 0.3 is 0 Å². The minimum Gasteiger partial charge on any atom is -0.490 e. The first kappa shape index (κ1) is 20.1. The lowest BCUT2D eigenvalue weighted by atomic mass is 9.99. The Morgan fingerprint density at radius 3 is 2.46 bits per heavy atom. The average molecular weight is 334 g/mol. The lowest BCUT2D eigenvalue weighted by molar-refractivity contribution is 0.0412. The number of ether oxygens (including phenoxy) is 1. The Morgan fingerprint density at radius 1 is 1.33 bits per heavy atom. The molecule has 0 aliphatic heterocycles. The van der Waals surface area contributed by atoms with Crippen LogP contribution in [-0.2, 0) is 4.74 Å². The summed E-state index contributed by atoms with van der Waals surface area (Å²) < 4.78 is 34.0. The fourth-order valence-corrected chi connectivity index (χ4v) is 2.30. The first-order chi connectivity index (χ1) is 11.1. The van der Waals surface area contributed by atoms with Gasteiger partial charge in [0.2, 0.25) is 0 Å². The normalized spacial score (nSPS) is 16.2. The molecule has 1 rings (SSSR count). The molecule has 0 fully saturated rings. The molecule has 0 atom stereocenters. The molecule has 0 spiro atoms. The molecule has 24 heavy (non-hydrogen) atoms. The fraction of sp³-hybridized carbons (Fsp3) is 0.429. The average Bonchev–Trinajstić information content (AvgIpc) is 2.68. The molecule has 0 heterocycles. The zero-order valence-corrected chi connectivity index (χ0v) is 15.4. The van der Waals surface area contributed by atoms with E-state index >= 15 is 0 Å². The molecule has 0 saturated heterocycles. The number of alkyl halides is 2. The van der Waals surface area contributed by atoms with Crippen LogP contribution in [0.15, 0.2) is 71.1 Å². The Balaban J connectivity index is 3.26. The lowest BCUT2D eigenvalue weighted by Gasteiger charge is -2.19. The SMILES string of the molecule is C=C(C)C(=C)/C=C(/OC(C)C)C1=CCC=C(C(F)(F)CC)C=C1C. The van der Waals surface area contributed by atoms with Crippen molar-refractivity contribution in [2.45, 2.75) is 59.5 Å². The second kappa shape index (κ2) is 8.27. The van der Waals surface area contributed by atoms with E-state index in [1.54, 1.807) is 12.2 Å². The second-order valence-corrected chi connectivity index (χ2v) is 6.38. The van der Waals surface area contributed by atoms with Gasteiger partial charge in [0.05, 0.1) is 6.10 Å². The van der Waals surface area contributed by atoms with Gasteiger partial charge < -0.3 is 4.74 Å². The first-order valence-electron chi connectivity index (χ1n) is 8.29. The van der Waals surface area contributed by atoms with Gasteiger partial charge in [-0.25, -0.2) is 8.78 Å². The van der Waals surface area contributed by atoms with E-state index in [9.17, 15) is 8.78 Å². The summed E-state index contributed by atoms with van der Waals surface area (Å²) in [7, 11) is 0. The van der Waals surface area contributed by atoms with Crippen LogP contribution in [-0.4, -0.2) is 12.0 Å². The molecule has 0 N–H and O–H groups in total. The first-order valence-corrected chi connectivity index (χ1v) is 8.29. The molecule has 0 saturated carbocycles. The molecule has 0 unspecified atom stereocenters. The Kier molecular flexibility index (Phi) is 6.94. The van der Waals surface area contributed by atoms with Gasteiger partial charge in [-0.05, 0) is 57.4 Å². The second-order valence-electron chi connectivity index (χ2n) is 6.38. The van der Waals surface area contributed by atoms with Crippen molar-refractivity contribution in [3.05, 3.63) is 71.1 Å². The van der Waals surface area contributed by atoms with Crippen LogP contribution in [0.25, 0.3) is 0 Å². The van der Waals surface area contributed by atoms with E-state index in [4.69, 9.17) is 4.74 Å². The Morgan fingerprint density at radius 2 is 1.96 bits per heavy atom. The molecule has 0 aromatic carbocycles. The number of rotatable bonds is 7. The fourth-order valence-electron chi connectivity index (χ4n) is 2.30. The van der Waals surface area contributed by atoms with Crippen LogP contribution < -0.4 is 0 Å². The summed E-state index contributed by atoms with van der Waals surface area (Å²) in [4.78, 5) is 0. The van der Waals surface area contributed by atoms with Crippen molar-refractivity contribution in [3.8, 4) is 0 Å². The van der Waals surface area contributed by atoms with Gasteiger partial charge in [-0.3, -0.25) is 0 Å². The molecule has 0 radical (unpaired) electrons. The molecule has 132 valence electrons. The maximum atomic E-state index is 14.0. The van der Waals surface area contributed by atoms with Gasteiger partial charge in [-0.1, -0.05) is 37.8 Å². The van der Waals surface area contributed by atoms with Crippen LogP contribution in [0.4, 0.5) is 8.78 Å². The van der Waals surface area contributed by atoms with Crippen molar-refractivity contribution < 1.29 is 13.5 Å². The number of halogens is 2. The maximum absolute atomic E-state index is 14.0. The molecule has 0 bridgehead atoms. The van der Waals surface area contributed by atoms with E-state index in [-0.39, 0.29) is 18.1 Å². The van der Waals surface area contributed by atoms with Crippen molar-refractivity contribution in [2.24, 2.45) is 0 Å². The highest BCUT2D eigenvalue weighted by Gasteiger charge is 2.31. The summed E-state index contributed by atoms with van der Waals surface area (Å²) in [6.07, 6.45) is 7.08. The van der Waals surface area contributed by atoms with Crippen LogP contribution in [0.5, 0.6) is 0 Å². The van der Waals surface area contributed by atoms with Crippen LogP contribution >= 0.6 is 0 Å². The van der Waals surface area contributed by atoms with Gasteiger partial charge in [0.1, 0.15) is 5.76 Å². The highest BCUT2D eigenvalue weighted by Crippen LogP contribution is 2.34. The molecule has 0 aromatic rings. The monoisotopic (exact) mass is 334 g/mol. The number of hydrogen-bond donors (Lipinski definition) is 0. The van der Waals surface area contributed by atoms with Crippen LogP contribution in [0, 0.1) is 0 Å². The minimum absolute atomic E-state index is 0.0318. The topological polar surface area (TPSA) is 9.23 Å². The maximum Gasteiger partial charge on any atom is 0.272 e. The Hall–Kier alpha value is -1.90. The zero-order chi connectivity index (χ0) is 18.5. The summed E-state index contributed by atoms with van der Waals surface area (Å²) in [5, 5.41) is 0. The van der Waals surface area contributed by atoms with Gasteiger partial charge in [0.15, 0.2) is 0 Å². The third kappa shape index (κ3) is 5.33. The van der Waals surface area contributed by atoms with E-state index in [1.165, 1.54) is 6.92 Å². The largest absolute Gasteiger partial charge is 0.490 e. The molecule has 1 aliphatic carbocycles. The predicted octanol–water partition coefficient (Wildman–Crippen LogP) is 6.68. The Labute approximate surface area is 144 Å². The van der Waals surface area contributed by atoms with E-state index < -0.39 is 5.92 Å². The van der Waals surface area contributed by atoms with Crippen molar-refractivity contribution in [3.63, 3.8) is 0 Å². The summed E-state index contributed by atoms with van der Waals surface area (Å²) in [5.74, 6) is -2.17. The van der Waals surface area contributed by atoms with Crippen LogP contribution in [0.1, 0.15) is 47.5 Å². The molecule has 1 aliphatic rings. The van der Waals surface area contributed by atoms with E-state index in [2.05, 4.69) is 13.2 Å². The van der Waals surface area contributed by atoms with Crippen molar-refractivity contribution >= 4 is 0 Å². The van der Waals surface area contributed by atoms with Crippen molar-refractivity contribution in [1.82, 2.24) is 0 Å². The summed E-state index contributed by atoms with van der Waals surface area (Å²) in [6, 6.07) is 0. The van der Waals surface area contributed by atoms with Crippen molar-refractivity contribution in [1.29, 1.82) is 0 Å². The number of allylic oxidation sites excluding steroid dienone is 8. The summed E-state index contributed by atoms with van der Waals surface area (Å²) >= 11 is 0. The highest BCUT2D eigenvalue weighted by atomic mass is 19.3. The van der Waals surface area contributed by atoms with Crippen LogP contribution in [0.2, 0.25) is 0 Å².